The van der Waals surface area contributed by atoms with Crippen LogP contribution >= 0.6 is 0 Å². The standard InChI is InChI=1S/C8H13N3O3/c12-6-3-1-5(2-4-6)11-7(13)9-10-8(11)14/h5-6,12H,1-4H2,(H,9,13)(H,10,14). The monoisotopic (exact) mass is 199 g/mol. The van der Waals surface area contributed by atoms with Gasteiger partial charge in [0, 0.05) is 6.04 Å². The van der Waals surface area contributed by atoms with Crippen LogP contribution in [0.1, 0.15) is 31.7 Å². The van der Waals surface area contributed by atoms with Gasteiger partial charge in [-0.25, -0.2) is 24.4 Å². The van der Waals surface area contributed by atoms with Crippen molar-refractivity contribution in [2.75, 3.05) is 0 Å². The van der Waals surface area contributed by atoms with Crippen LogP contribution in [0.2, 0.25) is 0 Å². The highest BCUT2D eigenvalue weighted by Gasteiger charge is 2.23. The second-order valence-electron chi connectivity index (χ2n) is 3.69. The Morgan fingerprint density at radius 2 is 1.57 bits per heavy atom. The molecule has 0 radical (unpaired) electrons. The molecule has 0 aromatic carbocycles. The van der Waals surface area contributed by atoms with E-state index in [1.807, 2.05) is 0 Å². The van der Waals surface area contributed by atoms with Crippen LogP contribution in [0.25, 0.3) is 0 Å². The van der Waals surface area contributed by atoms with Gasteiger partial charge in [-0.3, -0.25) is 0 Å². The molecular formula is C8H13N3O3. The van der Waals surface area contributed by atoms with E-state index in [9.17, 15) is 14.7 Å². The van der Waals surface area contributed by atoms with Gasteiger partial charge in [0.1, 0.15) is 0 Å². The number of hydrogen-bond acceptors (Lipinski definition) is 3. The third kappa shape index (κ3) is 1.52. The first-order valence-corrected chi connectivity index (χ1v) is 4.75. The summed E-state index contributed by atoms with van der Waals surface area (Å²) in [5, 5.41) is 13.8. The summed E-state index contributed by atoms with van der Waals surface area (Å²) in [7, 11) is 0. The van der Waals surface area contributed by atoms with E-state index in [0.29, 0.717) is 25.7 Å². The molecule has 1 saturated carbocycles. The zero-order valence-electron chi connectivity index (χ0n) is 7.69. The van der Waals surface area contributed by atoms with Gasteiger partial charge in [-0.05, 0) is 25.7 Å². The Morgan fingerprint density at radius 1 is 1.07 bits per heavy atom. The molecule has 1 aliphatic rings. The largest absolute Gasteiger partial charge is 0.393 e. The van der Waals surface area contributed by atoms with Crippen LogP contribution < -0.4 is 11.4 Å². The van der Waals surface area contributed by atoms with Gasteiger partial charge in [-0.15, -0.1) is 0 Å². The molecule has 0 spiro atoms. The number of nitrogens with zero attached hydrogens (tertiary/aromatic N) is 1. The minimum absolute atomic E-state index is 0.0686. The molecule has 1 fully saturated rings. The highest BCUT2D eigenvalue weighted by Crippen LogP contribution is 2.25. The summed E-state index contributed by atoms with van der Waals surface area (Å²) in [4.78, 5) is 22.5. The molecular weight excluding hydrogens is 186 g/mol. The summed E-state index contributed by atoms with van der Waals surface area (Å²) >= 11 is 0. The highest BCUT2D eigenvalue weighted by atomic mass is 16.3. The Balaban J connectivity index is 2.24. The van der Waals surface area contributed by atoms with E-state index in [1.54, 1.807) is 0 Å². The van der Waals surface area contributed by atoms with E-state index < -0.39 is 11.4 Å². The maximum absolute atomic E-state index is 11.2. The van der Waals surface area contributed by atoms with Crippen molar-refractivity contribution in [2.45, 2.75) is 37.8 Å². The predicted molar refractivity (Wildman–Crippen MR) is 49.2 cm³/mol. The molecule has 3 N–H and O–H groups in total. The molecule has 78 valence electrons. The number of rotatable bonds is 1. The van der Waals surface area contributed by atoms with Crippen molar-refractivity contribution in [2.24, 2.45) is 0 Å². The van der Waals surface area contributed by atoms with Gasteiger partial charge in [-0.2, -0.15) is 0 Å². The number of hydrogen-bond donors (Lipinski definition) is 3. The second kappa shape index (κ2) is 3.45. The fraction of sp³-hybridized carbons (Fsp3) is 0.750. The lowest BCUT2D eigenvalue weighted by atomic mass is 9.93. The lowest BCUT2D eigenvalue weighted by molar-refractivity contribution is 0.109. The molecule has 0 atom stereocenters. The maximum Gasteiger partial charge on any atom is 0.344 e. The number of H-pyrrole nitrogens is 2. The highest BCUT2D eigenvalue weighted by molar-refractivity contribution is 4.80. The average Bonchev–Trinajstić information content (AvgIpc) is 2.49. The fourth-order valence-corrected chi connectivity index (χ4v) is 1.97. The minimum Gasteiger partial charge on any atom is -0.393 e. The van der Waals surface area contributed by atoms with Gasteiger partial charge in [0.05, 0.1) is 6.10 Å². The number of aliphatic hydroxyl groups excluding tert-OH is 1. The Hall–Kier alpha value is -1.30. The van der Waals surface area contributed by atoms with Crippen LogP contribution in [-0.2, 0) is 0 Å². The molecule has 0 saturated heterocycles. The first-order valence-electron chi connectivity index (χ1n) is 4.75. The van der Waals surface area contributed by atoms with Crippen LogP contribution in [0.15, 0.2) is 9.59 Å². The van der Waals surface area contributed by atoms with Crippen molar-refractivity contribution in [3.63, 3.8) is 0 Å². The average molecular weight is 199 g/mol. The summed E-state index contributed by atoms with van der Waals surface area (Å²) in [6.45, 7) is 0. The van der Waals surface area contributed by atoms with Crippen molar-refractivity contribution in [1.29, 1.82) is 0 Å². The Bertz CT molecular complexity index is 380. The summed E-state index contributed by atoms with van der Waals surface area (Å²) in [6, 6.07) is -0.0686. The quantitative estimate of drug-likeness (QED) is 0.560. The van der Waals surface area contributed by atoms with Crippen molar-refractivity contribution in [3.8, 4) is 0 Å². The fourth-order valence-electron chi connectivity index (χ4n) is 1.97. The van der Waals surface area contributed by atoms with Gasteiger partial charge in [0.2, 0.25) is 0 Å². The molecule has 0 amide bonds. The SMILES string of the molecule is O=c1[nH][nH]c(=O)n1C1CCC(O)CC1. The van der Waals surface area contributed by atoms with Crippen molar-refractivity contribution >= 4 is 0 Å². The zero-order chi connectivity index (χ0) is 10.1. The normalized spacial score (nSPS) is 27.8. The molecule has 6 nitrogen and oxygen atoms in total. The lowest BCUT2D eigenvalue weighted by Gasteiger charge is -2.24. The molecule has 14 heavy (non-hydrogen) atoms. The van der Waals surface area contributed by atoms with Crippen molar-refractivity contribution < 1.29 is 5.11 Å². The lowest BCUT2D eigenvalue weighted by Crippen LogP contribution is -2.34. The maximum atomic E-state index is 11.2. The van der Waals surface area contributed by atoms with Crippen molar-refractivity contribution in [1.82, 2.24) is 14.8 Å². The van der Waals surface area contributed by atoms with E-state index in [2.05, 4.69) is 10.2 Å². The van der Waals surface area contributed by atoms with Crippen LogP contribution in [0.5, 0.6) is 0 Å². The van der Waals surface area contributed by atoms with Crippen LogP contribution in [0.4, 0.5) is 0 Å². The van der Waals surface area contributed by atoms with E-state index in [1.165, 1.54) is 4.57 Å². The van der Waals surface area contributed by atoms with E-state index in [-0.39, 0.29) is 12.1 Å². The summed E-state index contributed by atoms with van der Waals surface area (Å²) < 4.78 is 1.20. The van der Waals surface area contributed by atoms with Crippen LogP contribution in [-0.4, -0.2) is 26.0 Å². The first-order chi connectivity index (χ1) is 6.68. The molecule has 0 aliphatic heterocycles. The topological polar surface area (TPSA) is 90.9 Å². The van der Waals surface area contributed by atoms with E-state index in [0.717, 1.165) is 0 Å². The van der Waals surface area contributed by atoms with Crippen LogP contribution in [0, 0.1) is 0 Å². The molecule has 1 aliphatic carbocycles. The van der Waals surface area contributed by atoms with Gasteiger partial charge < -0.3 is 5.11 Å². The molecule has 2 rings (SSSR count). The minimum atomic E-state index is -0.392. The molecule has 1 heterocycles. The van der Waals surface area contributed by atoms with E-state index >= 15 is 0 Å². The van der Waals surface area contributed by atoms with Gasteiger partial charge in [0.25, 0.3) is 0 Å². The number of aliphatic hydroxyl groups is 1. The smallest absolute Gasteiger partial charge is 0.344 e. The zero-order valence-corrected chi connectivity index (χ0v) is 7.69. The molecule has 1 aromatic rings. The van der Waals surface area contributed by atoms with Gasteiger partial charge in [-0.1, -0.05) is 0 Å². The number of aromatic amines is 2. The summed E-state index contributed by atoms with van der Waals surface area (Å²) in [5.41, 5.74) is -0.784. The first kappa shape index (κ1) is 9.26. The third-order valence-electron chi connectivity index (χ3n) is 2.75. The van der Waals surface area contributed by atoms with Gasteiger partial charge in [0.15, 0.2) is 0 Å². The van der Waals surface area contributed by atoms with Gasteiger partial charge >= 0.3 is 11.4 Å². The summed E-state index contributed by atoms with van der Waals surface area (Å²) in [5.74, 6) is 0. The second-order valence-corrected chi connectivity index (χ2v) is 3.69. The Kier molecular flexibility index (Phi) is 2.28. The molecule has 1 aromatic heterocycles. The number of aromatic nitrogens is 3. The number of nitrogens with one attached hydrogen (secondary N) is 2. The Labute approximate surface area is 79.6 Å². The summed E-state index contributed by atoms with van der Waals surface area (Å²) in [6.07, 6.45) is 2.40. The van der Waals surface area contributed by atoms with Crippen molar-refractivity contribution in [3.05, 3.63) is 21.0 Å². The molecule has 0 bridgehead atoms. The molecule has 0 unspecified atom stereocenters. The van der Waals surface area contributed by atoms with E-state index in [4.69, 9.17) is 0 Å². The molecule has 6 heteroatoms. The van der Waals surface area contributed by atoms with Crippen LogP contribution in [0.3, 0.4) is 0 Å². The Morgan fingerprint density at radius 3 is 2.07 bits per heavy atom. The third-order valence-corrected chi connectivity index (χ3v) is 2.75. The predicted octanol–water partition coefficient (Wildman–Crippen LogP) is -0.659.